The number of amides is 1. The molecule has 0 heterocycles. The van der Waals surface area contributed by atoms with Crippen molar-refractivity contribution in [2.45, 2.75) is 16.6 Å². The summed E-state index contributed by atoms with van der Waals surface area (Å²) in [5, 5.41) is 2.43. The molecule has 0 bridgehead atoms. The van der Waals surface area contributed by atoms with E-state index in [1.165, 1.54) is 0 Å². The topological polar surface area (TPSA) is 55.1 Å². The van der Waals surface area contributed by atoms with Crippen molar-refractivity contribution in [3.8, 4) is 0 Å². The minimum absolute atomic E-state index is 0.0175. The fourth-order valence-corrected chi connectivity index (χ4v) is 2.47. The first-order valence-electron chi connectivity index (χ1n) is 3.28. The quantitative estimate of drug-likeness (QED) is 0.565. The van der Waals surface area contributed by atoms with Crippen molar-refractivity contribution in [2.24, 2.45) is 11.1 Å². The summed E-state index contributed by atoms with van der Waals surface area (Å²) in [4.78, 5) is 11.4. The van der Waals surface area contributed by atoms with Crippen LogP contribution in [0.25, 0.3) is 0 Å². The van der Waals surface area contributed by atoms with Crippen LogP contribution in [-0.2, 0) is 4.79 Å². The number of hydrogen-bond donors (Lipinski definition) is 2. The van der Waals surface area contributed by atoms with E-state index in [9.17, 15) is 4.79 Å². The summed E-state index contributed by atoms with van der Waals surface area (Å²) in [6, 6.07) is 0. The molecule has 0 spiro atoms. The molecule has 0 radical (unpaired) electrons. The van der Waals surface area contributed by atoms with Crippen LogP contribution in [-0.4, -0.2) is 14.3 Å². The Hall–Kier alpha value is 0.320. The number of hydrogen-bond acceptors (Lipinski definition) is 2. The number of nitrogens with two attached hydrogens (primary N) is 1. The predicted octanol–water partition coefficient (Wildman–Crippen LogP) is 1.24. The number of halogens is 2. The third kappa shape index (κ3) is 1.65. The third-order valence-corrected chi connectivity index (χ3v) is 4.41. The van der Waals surface area contributed by atoms with Gasteiger partial charge in [-0.1, -0.05) is 31.9 Å². The molecule has 1 aliphatic rings. The monoisotopic (exact) mass is 314 g/mol. The highest BCUT2D eigenvalue weighted by molar-refractivity contribution is 9.25. The van der Waals surface area contributed by atoms with Gasteiger partial charge in [-0.15, -0.1) is 0 Å². The van der Waals surface area contributed by atoms with Crippen molar-refractivity contribution in [2.75, 3.05) is 0 Å². The largest absolute Gasteiger partial charge is 0.376 e. The summed E-state index contributed by atoms with van der Waals surface area (Å²) in [6.07, 6.45) is 0.731. The molecule has 3 nitrogen and oxygen atoms in total. The summed E-state index contributed by atoms with van der Waals surface area (Å²) in [5.41, 5.74) is 4.73. The number of rotatable bonds is 1. The molecule has 0 aliphatic heterocycles. The lowest BCUT2D eigenvalue weighted by molar-refractivity contribution is -0.124. The minimum Gasteiger partial charge on any atom is -0.376 e. The molecule has 0 aromatic carbocycles. The molecule has 1 rings (SSSR count). The van der Waals surface area contributed by atoms with Gasteiger partial charge in [0.05, 0.1) is 8.65 Å². The molecule has 1 fully saturated rings. The van der Waals surface area contributed by atoms with E-state index in [0.717, 1.165) is 6.42 Å². The lowest BCUT2D eigenvalue weighted by Crippen LogP contribution is -2.40. The number of alkyl halides is 2. The maximum absolute atomic E-state index is 11.4. The second-order valence-electron chi connectivity index (χ2n) is 3.03. The van der Waals surface area contributed by atoms with Crippen molar-refractivity contribution in [3.63, 3.8) is 0 Å². The summed E-state index contributed by atoms with van der Waals surface area (Å²) < 4.78 is -0.290. The first-order chi connectivity index (χ1) is 5.29. The molecule has 3 N–H and O–H groups in total. The summed E-state index contributed by atoms with van der Waals surface area (Å²) >= 11 is 11.3. The zero-order valence-electron chi connectivity index (χ0n) is 6.36. The molecule has 0 aromatic heterocycles. The molecule has 68 valence electrons. The minimum atomic E-state index is -0.448. The Labute approximate surface area is 92.7 Å². The molecule has 1 aliphatic carbocycles. The molecular formula is C6H8Br2N2OS. The summed E-state index contributed by atoms with van der Waals surface area (Å²) in [5.74, 6) is -0.149. The van der Waals surface area contributed by atoms with Crippen LogP contribution >= 0.6 is 44.1 Å². The summed E-state index contributed by atoms with van der Waals surface area (Å²) in [6.45, 7) is 1.84. The molecule has 0 saturated heterocycles. The highest BCUT2D eigenvalue weighted by atomic mass is 79.9. The SMILES string of the molecule is C[C@@]1(C(=O)NC(N)=S)CC1(Br)Br. The first-order valence-corrected chi connectivity index (χ1v) is 5.28. The Balaban J connectivity index is 2.62. The molecule has 1 amide bonds. The molecule has 1 saturated carbocycles. The Morgan fingerprint density at radius 1 is 1.67 bits per heavy atom. The van der Waals surface area contributed by atoms with Crippen molar-refractivity contribution in [1.29, 1.82) is 0 Å². The van der Waals surface area contributed by atoms with Crippen molar-refractivity contribution >= 4 is 55.1 Å². The Bertz CT molecular complexity index is 256. The maximum Gasteiger partial charge on any atom is 0.234 e. The van der Waals surface area contributed by atoms with Gasteiger partial charge in [-0.05, 0) is 25.6 Å². The zero-order valence-corrected chi connectivity index (χ0v) is 10.3. The van der Waals surface area contributed by atoms with Crippen LogP contribution in [0.4, 0.5) is 0 Å². The van der Waals surface area contributed by atoms with Crippen molar-refractivity contribution < 1.29 is 4.79 Å². The molecular weight excluding hydrogens is 308 g/mol. The fourth-order valence-electron chi connectivity index (χ4n) is 0.896. The van der Waals surface area contributed by atoms with E-state index in [1.54, 1.807) is 0 Å². The van der Waals surface area contributed by atoms with E-state index in [-0.39, 0.29) is 14.3 Å². The molecule has 1 atom stereocenters. The van der Waals surface area contributed by atoms with E-state index in [4.69, 9.17) is 5.73 Å². The van der Waals surface area contributed by atoms with E-state index < -0.39 is 5.41 Å². The van der Waals surface area contributed by atoms with Gasteiger partial charge in [0.1, 0.15) is 0 Å². The van der Waals surface area contributed by atoms with Crippen LogP contribution < -0.4 is 11.1 Å². The standard InChI is InChI=1S/C6H8Br2N2OS/c1-5(2-6(5,7)8)3(11)10-4(9)12/h2H2,1H3,(H3,9,10,11,12)/t5-/m0/s1. The number of carbonyl (C=O) groups excluding carboxylic acids is 1. The lowest BCUT2D eigenvalue weighted by Gasteiger charge is -2.11. The molecule has 12 heavy (non-hydrogen) atoms. The highest BCUT2D eigenvalue weighted by Crippen LogP contribution is 2.66. The van der Waals surface area contributed by atoms with E-state index in [0.29, 0.717) is 0 Å². The number of thiocarbonyl (C=S) groups is 1. The van der Waals surface area contributed by atoms with E-state index in [2.05, 4.69) is 49.4 Å². The van der Waals surface area contributed by atoms with Crippen LogP contribution in [0.1, 0.15) is 13.3 Å². The van der Waals surface area contributed by atoms with Gasteiger partial charge >= 0.3 is 0 Å². The first kappa shape index (κ1) is 10.4. The Kier molecular flexibility index (Phi) is 2.53. The second-order valence-corrected chi connectivity index (χ2v) is 7.24. The number of nitrogens with one attached hydrogen (secondary N) is 1. The Morgan fingerprint density at radius 2 is 2.08 bits per heavy atom. The maximum atomic E-state index is 11.4. The predicted molar refractivity (Wildman–Crippen MR) is 58.2 cm³/mol. The van der Waals surface area contributed by atoms with Crippen molar-refractivity contribution in [1.82, 2.24) is 5.32 Å². The van der Waals surface area contributed by atoms with Gasteiger partial charge in [-0.2, -0.15) is 0 Å². The third-order valence-electron chi connectivity index (χ3n) is 2.00. The molecule has 0 unspecified atom stereocenters. The van der Waals surface area contributed by atoms with E-state index >= 15 is 0 Å². The van der Waals surface area contributed by atoms with Crippen LogP contribution in [0.5, 0.6) is 0 Å². The van der Waals surface area contributed by atoms with Crippen LogP contribution in [0.15, 0.2) is 0 Å². The van der Waals surface area contributed by atoms with Crippen LogP contribution in [0.3, 0.4) is 0 Å². The van der Waals surface area contributed by atoms with Crippen LogP contribution in [0, 0.1) is 5.41 Å². The van der Waals surface area contributed by atoms with Gasteiger partial charge in [-0.25, -0.2) is 0 Å². The van der Waals surface area contributed by atoms with Crippen molar-refractivity contribution in [3.05, 3.63) is 0 Å². The fraction of sp³-hybridized carbons (Fsp3) is 0.667. The average molecular weight is 316 g/mol. The van der Waals surface area contributed by atoms with Crippen LogP contribution in [0.2, 0.25) is 0 Å². The Morgan fingerprint density at radius 3 is 2.33 bits per heavy atom. The zero-order chi connectivity index (χ0) is 9.57. The highest BCUT2D eigenvalue weighted by Gasteiger charge is 2.66. The van der Waals surface area contributed by atoms with Gasteiger partial charge < -0.3 is 11.1 Å². The van der Waals surface area contributed by atoms with Gasteiger partial charge in [0.15, 0.2) is 5.11 Å². The smallest absolute Gasteiger partial charge is 0.234 e. The van der Waals surface area contributed by atoms with Gasteiger partial charge in [-0.3, -0.25) is 4.79 Å². The van der Waals surface area contributed by atoms with Gasteiger partial charge in [0.2, 0.25) is 5.91 Å². The normalized spacial score (nSPS) is 30.9. The molecule has 6 heteroatoms. The lowest BCUT2D eigenvalue weighted by atomic mass is 10.1. The second kappa shape index (κ2) is 2.92. The van der Waals surface area contributed by atoms with Gasteiger partial charge in [0, 0.05) is 0 Å². The summed E-state index contributed by atoms with van der Waals surface area (Å²) in [7, 11) is 0. The number of carbonyl (C=O) groups is 1. The average Bonchev–Trinajstić information content (AvgIpc) is 2.32. The van der Waals surface area contributed by atoms with E-state index in [1.807, 2.05) is 6.92 Å². The van der Waals surface area contributed by atoms with Gasteiger partial charge in [0.25, 0.3) is 0 Å². The molecule has 0 aromatic rings.